The van der Waals surface area contributed by atoms with Gasteiger partial charge in [-0.05, 0) is 54.7 Å². The van der Waals surface area contributed by atoms with Gasteiger partial charge in [0.15, 0.2) is 0 Å². The van der Waals surface area contributed by atoms with E-state index in [0.717, 1.165) is 23.8 Å². The largest absolute Gasteiger partial charge is 0.328 e. The zero-order chi connectivity index (χ0) is 23.9. The number of amides is 2. The van der Waals surface area contributed by atoms with Crippen molar-refractivity contribution in [3.05, 3.63) is 65.2 Å². The van der Waals surface area contributed by atoms with Gasteiger partial charge in [0.25, 0.3) is 15.9 Å². The van der Waals surface area contributed by atoms with Crippen molar-refractivity contribution >= 4 is 21.8 Å². The number of rotatable bonds is 5. The molecule has 1 saturated heterocycles. The van der Waals surface area contributed by atoms with Crippen molar-refractivity contribution in [2.24, 2.45) is 0 Å². The maximum absolute atomic E-state index is 13.9. The van der Waals surface area contributed by atoms with Gasteiger partial charge in [0.2, 0.25) is 5.91 Å². The molecule has 2 amide bonds. The molecule has 1 atom stereocenters. The summed E-state index contributed by atoms with van der Waals surface area (Å²) in [5, 5.41) is 0. The van der Waals surface area contributed by atoms with Crippen LogP contribution in [0, 0.1) is 11.6 Å². The van der Waals surface area contributed by atoms with Gasteiger partial charge in [-0.2, -0.15) is 0 Å². The van der Waals surface area contributed by atoms with E-state index in [2.05, 4.69) is 0 Å². The third-order valence-corrected chi connectivity index (χ3v) is 7.16. The number of sulfonamides is 1. The number of benzene rings is 2. The van der Waals surface area contributed by atoms with Gasteiger partial charge in [0.1, 0.15) is 17.2 Å². The zero-order valence-electron chi connectivity index (χ0n) is 18.4. The van der Waals surface area contributed by atoms with Crippen molar-refractivity contribution in [3.8, 4) is 0 Å². The lowest BCUT2D eigenvalue weighted by atomic mass is 9.85. The fraction of sp³-hybridized carbons (Fsp3) is 0.391. The first-order valence-electron chi connectivity index (χ1n) is 10.2. The summed E-state index contributed by atoms with van der Waals surface area (Å²) in [5.74, 6) is -2.85. The number of hydrogen-bond donors (Lipinski definition) is 1. The van der Waals surface area contributed by atoms with Crippen LogP contribution in [0.4, 0.5) is 8.78 Å². The van der Waals surface area contributed by atoms with Gasteiger partial charge in [-0.25, -0.2) is 21.9 Å². The van der Waals surface area contributed by atoms with Crippen LogP contribution in [0.3, 0.4) is 0 Å². The molecule has 1 aliphatic rings. The molecule has 6 nitrogen and oxygen atoms in total. The molecule has 0 aromatic heterocycles. The first-order valence-corrected chi connectivity index (χ1v) is 11.6. The summed E-state index contributed by atoms with van der Waals surface area (Å²) in [6.07, 6.45) is -0.192. The summed E-state index contributed by atoms with van der Waals surface area (Å²) in [6.45, 7) is 7.65. The normalized spacial score (nSPS) is 18.8. The molecule has 1 fully saturated rings. The number of hydrogen-bond acceptors (Lipinski definition) is 4. The van der Waals surface area contributed by atoms with Gasteiger partial charge >= 0.3 is 0 Å². The van der Waals surface area contributed by atoms with E-state index in [9.17, 15) is 26.8 Å². The second kappa shape index (κ2) is 8.27. The summed E-state index contributed by atoms with van der Waals surface area (Å²) in [6, 6.07) is 9.03. The SMILES string of the molecule is CC(C)(C)c1ccc(S(=O)(=O)NC(=O)C2(C)CCN2C(=O)Cc2cc(F)ccc2F)cc1. The third-order valence-electron chi connectivity index (χ3n) is 5.82. The first kappa shape index (κ1) is 23.8. The molecule has 2 aromatic carbocycles. The lowest BCUT2D eigenvalue weighted by molar-refractivity contribution is -0.156. The lowest BCUT2D eigenvalue weighted by Crippen LogP contribution is -2.68. The van der Waals surface area contributed by atoms with Crippen LogP contribution >= 0.6 is 0 Å². The van der Waals surface area contributed by atoms with Crippen LogP contribution in [0.5, 0.6) is 0 Å². The number of nitrogens with zero attached hydrogens (tertiary/aromatic N) is 1. The van der Waals surface area contributed by atoms with Crippen LogP contribution in [-0.2, 0) is 31.4 Å². The van der Waals surface area contributed by atoms with Crippen molar-refractivity contribution in [2.45, 2.75) is 56.4 Å². The number of carbonyl (C=O) groups is 2. The minimum atomic E-state index is -4.15. The molecule has 9 heteroatoms. The Hall–Kier alpha value is -2.81. The summed E-state index contributed by atoms with van der Waals surface area (Å²) < 4.78 is 54.7. The molecule has 3 rings (SSSR count). The maximum Gasteiger partial charge on any atom is 0.264 e. The number of nitrogens with one attached hydrogen (secondary N) is 1. The summed E-state index contributed by atoms with van der Waals surface area (Å²) in [5.41, 5.74) is -0.752. The minimum Gasteiger partial charge on any atom is -0.328 e. The Labute approximate surface area is 186 Å². The fourth-order valence-electron chi connectivity index (χ4n) is 3.56. The van der Waals surface area contributed by atoms with Gasteiger partial charge in [0.05, 0.1) is 11.3 Å². The van der Waals surface area contributed by atoms with E-state index in [1.807, 2.05) is 25.5 Å². The Balaban J connectivity index is 1.73. The van der Waals surface area contributed by atoms with E-state index < -0.39 is 45.4 Å². The average Bonchev–Trinajstić information content (AvgIpc) is 2.68. The predicted molar refractivity (Wildman–Crippen MR) is 115 cm³/mol. The Morgan fingerprint density at radius 1 is 1.09 bits per heavy atom. The quantitative estimate of drug-likeness (QED) is 0.736. The molecule has 1 N–H and O–H groups in total. The van der Waals surface area contributed by atoms with E-state index in [1.54, 1.807) is 12.1 Å². The Kier molecular flexibility index (Phi) is 6.16. The molecule has 172 valence electrons. The van der Waals surface area contributed by atoms with Crippen LogP contribution in [0.25, 0.3) is 0 Å². The summed E-state index contributed by atoms with van der Waals surface area (Å²) in [7, 11) is -4.15. The van der Waals surface area contributed by atoms with Gasteiger partial charge in [-0.3, -0.25) is 9.59 Å². The Bertz CT molecular complexity index is 1160. The average molecular weight is 465 g/mol. The van der Waals surface area contributed by atoms with Crippen molar-refractivity contribution in [1.82, 2.24) is 9.62 Å². The van der Waals surface area contributed by atoms with Crippen LogP contribution in [0.1, 0.15) is 45.2 Å². The molecule has 1 heterocycles. The molecular weight excluding hydrogens is 438 g/mol. The number of likely N-dealkylation sites (tertiary alicyclic amines) is 1. The highest BCUT2D eigenvalue weighted by Crippen LogP contribution is 2.32. The topological polar surface area (TPSA) is 83.6 Å². The third kappa shape index (κ3) is 4.67. The first-order chi connectivity index (χ1) is 14.7. The lowest BCUT2D eigenvalue weighted by Gasteiger charge is -2.49. The van der Waals surface area contributed by atoms with E-state index in [4.69, 9.17) is 0 Å². The summed E-state index contributed by atoms with van der Waals surface area (Å²) >= 11 is 0. The number of carbonyl (C=O) groups excluding carboxylic acids is 2. The van der Waals surface area contributed by atoms with Gasteiger partial charge in [-0.1, -0.05) is 32.9 Å². The van der Waals surface area contributed by atoms with Crippen molar-refractivity contribution < 1.29 is 26.8 Å². The van der Waals surface area contributed by atoms with E-state index in [1.165, 1.54) is 24.0 Å². The van der Waals surface area contributed by atoms with Gasteiger partial charge in [-0.15, -0.1) is 0 Å². The van der Waals surface area contributed by atoms with E-state index in [-0.39, 0.29) is 28.8 Å². The molecule has 1 unspecified atom stereocenters. The molecule has 0 radical (unpaired) electrons. The van der Waals surface area contributed by atoms with Crippen LogP contribution in [0.2, 0.25) is 0 Å². The standard InChI is InChI=1S/C23H26F2N2O4S/c1-22(2,3)16-5-8-18(9-6-16)32(30,31)26-21(29)23(4)11-12-27(23)20(28)14-15-13-17(24)7-10-19(15)25/h5-10,13H,11-12,14H2,1-4H3,(H,26,29). The fourth-order valence-corrected chi connectivity index (χ4v) is 4.63. The highest BCUT2D eigenvalue weighted by atomic mass is 32.2. The second-order valence-electron chi connectivity index (χ2n) is 9.19. The van der Waals surface area contributed by atoms with Crippen LogP contribution in [-0.4, -0.2) is 37.2 Å². The number of halogens is 2. The molecule has 0 bridgehead atoms. The van der Waals surface area contributed by atoms with Crippen LogP contribution in [0.15, 0.2) is 47.4 Å². The molecule has 2 aromatic rings. The summed E-state index contributed by atoms with van der Waals surface area (Å²) in [4.78, 5) is 26.6. The Morgan fingerprint density at radius 2 is 1.72 bits per heavy atom. The molecule has 0 saturated carbocycles. The molecule has 32 heavy (non-hydrogen) atoms. The molecular formula is C23H26F2N2O4S. The highest BCUT2D eigenvalue weighted by Gasteiger charge is 2.50. The van der Waals surface area contributed by atoms with Gasteiger partial charge < -0.3 is 4.90 Å². The van der Waals surface area contributed by atoms with E-state index >= 15 is 0 Å². The maximum atomic E-state index is 13.9. The van der Waals surface area contributed by atoms with Crippen molar-refractivity contribution in [1.29, 1.82) is 0 Å². The zero-order valence-corrected chi connectivity index (χ0v) is 19.2. The second-order valence-corrected chi connectivity index (χ2v) is 10.9. The smallest absolute Gasteiger partial charge is 0.264 e. The molecule has 0 aliphatic carbocycles. The van der Waals surface area contributed by atoms with E-state index in [0.29, 0.717) is 0 Å². The predicted octanol–water partition coefficient (Wildman–Crippen LogP) is 3.30. The minimum absolute atomic E-state index is 0.0681. The van der Waals surface area contributed by atoms with Crippen molar-refractivity contribution in [3.63, 3.8) is 0 Å². The van der Waals surface area contributed by atoms with Crippen LogP contribution < -0.4 is 4.72 Å². The Morgan fingerprint density at radius 3 is 2.25 bits per heavy atom. The van der Waals surface area contributed by atoms with Crippen molar-refractivity contribution in [2.75, 3.05) is 6.54 Å². The monoisotopic (exact) mass is 464 g/mol. The molecule has 1 aliphatic heterocycles. The van der Waals surface area contributed by atoms with Gasteiger partial charge in [0, 0.05) is 12.1 Å². The molecule has 0 spiro atoms. The highest BCUT2D eigenvalue weighted by molar-refractivity contribution is 7.90.